The van der Waals surface area contributed by atoms with Gasteiger partial charge in [-0.1, -0.05) is 28.6 Å². The van der Waals surface area contributed by atoms with E-state index < -0.39 is 20.9 Å². The van der Waals surface area contributed by atoms with Crippen LogP contribution < -0.4 is 5.32 Å². The number of hydrogen-bond donors (Lipinski definition) is 2. The molecular formula is C20H22FN3O5S2. The summed E-state index contributed by atoms with van der Waals surface area (Å²) < 4.78 is 38.1. The van der Waals surface area contributed by atoms with E-state index >= 15 is 0 Å². The lowest BCUT2D eigenvalue weighted by Crippen LogP contribution is -2.27. The van der Waals surface area contributed by atoms with Crippen molar-refractivity contribution in [2.45, 2.75) is 60.9 Å². The fourth-order valence-electron chi connectivity index (χ4n) is 3.34. The fourth-order valence-corrected chi connectivity index (χ4v) is 5.54. The van der Waals surface area contributed by atoms with Gasteiger partial charge in [0.15, 0.2) is 25.8 Å². The van der Waals surface area contributed by atoms with Crippen molar-refractivity contribution in [3.63, 3.8) is 0 Å². The average Bonchev–Trinajstić information content (AvgIpc) is 3.54. The number of sulfone groups is 1. The number of aliphatic hydroxyl groups is 1. The van der Waals surface area contributed by atoms with Gasteiger partial charge in [0, 0.05) is 5.56 Å². The number of aromatic nitrogens is 1. The van der Waals surface area contributed by atoms with Crippen LogP contribution in [-0.2, 0) is 19.5 Å². The molecule has 1 aromatic heterocycles. The molecule has 2 aliphatic rings. The monoisotopic (exact) mass is 467 g/mol. The SMILES string of the molecule is O=C(Nc1ncc(F)s1)C(=NOC1CCC(O)CC1)c1ccc(S(=O)(=O)C2CC2)cc1. The number of oxime groups is 1. The molecule has 11 heteroatoms. The Kier molecular flexibility index (Phi) is 6.35. The maximum Gasteiger partial charge on any atom is 0.280 e. The predicted octanol–water partition coefficient (Wildman–Crippen LogP) is 2.88. The number of nitrogens with zero attached hydrogens (tertiary/aromatic N) is 2. The van der Waals surface area contributed by atoms with Gasteiger partial charge in [0.25, 0.3) is 5.91 Å². The van der Waals surface area contributed by atoms with Gasteiger partial charge in [0.2, 0.25) is 0 Å². The van der Waals surface area contributed by atoms with Crippen molar-refractivity contribution in [2.75, 3.05) is 5.32 Å². The van der Waals surface area contributed by atoms with E-state index in [0.29, 0.717) is 55.4 Å². The molecule has 0 aliphatic heterocycles. The van der Waals surface area contributed by atoms with Crippen LogP contribution in [0, 0.1) is 5.13 Å². The number of rotatable bonds is 7. The van der Waals surface area contributed by atoms with Crippen LogP contribution >= 0.6 is 11.3 Å². The van der Waals surface area contributed by atoms with Crippen LogP contribution in [0.3, 0.4) is 0 Å². The molecule has 0 saturated heterocycles. The van der Waals surface area contributed by atoms with Gasteiger partial charge in [-0.3, -0.25) is 10.1 Å². The van der Waals surface area contributed by atoms with Crippen molar-refractivity contribution in [1.29, 1.82) is 0 Å². The normalized spacial score (nSPS) is 22.2. The van der Waals surface area contributed by atoms with Gasteiger partial charge in [0.1, 0.15) is 6.10 Å². The van der Waals surface area contributed by atoms with E-state index in [9.17, 15) is 22.7 Å². The minimum absolute atomic E-state index is 0.0721. The van der Waals surface area contributed by atoms with Gasteiger partial charge in [-0.15, -0.1) is 0 Å². The van der Waals surface area contributed by atoms with Gasteiger partial charge >= 0.3 is 0 Å². The van der Waals surface area contributed by atoms with E-state index in [-0.39, 0.29) is 33.2 Å². The van der Waals surface area contributed by atoms with Gasteiger partial charge in [-0.05, 0) is 50.7 Å². The Balaban J connectivity index is 1.56. The molecule has 0 atom stereocenters. The zero-order valence-corrected chi connectivity index (χ0v) is 18.2. The maximum absolute atomic E-state index is 13.2. The first-order chi connectivity index (χ1) is 14.8. The molecular weight excluding hydrogens is 445 g/mol. The quantitative estimate of drug-likeness (QED) is 0.478. The number of carbonyl (C=O) groups excluding carboxylic acids is 1. The number of aliphatic hydroxyl groups excluding tert-OH is 1. The smallest absolute Gasteiger partial charge is 0.280 e. The molecule has 0 unspecified atom stereocenters. The largest absolute Gasteiger partial charge is 0.393 e. The Morgan fingerprint density at radius 2 is 1.84 bits per heavy atom. The average molecular weight is 468 g/mol. The zero-order chi connectivity index (χ0) is 22.0. The van der Waals surface area contributed by atoms with E-state index in [1.165, 1.54) is 24.3 Å². The van der Waals surface area contributed by atoms with Gasteiger partial charge < -0.3 is 9.94 Å². The van der Waals surface area contributed by atoms with Crippen LogP contribution in [0.4, 0.5) is 9.52 Å². The first kappa shape index (κ1) is 21.8. The number of thiazole rings is 1. The third-order valence-electron chi connectivity index (χ3n) is 5.27. The van der Waals surface area contributed by atoms with Gasteiger partial charge in [-0.2, -0.15) is 4.39 Å². The molecule has 1 heterocycles. The molecule has 0 bridgehead atoms. The Hall–Kier alpha value is -2.37. The van der Waals surface area contributed by atoms with Crippen LogP contribution in [0.15, 0.2) is 40.5 Å². The highest BCUT2D eigenvalue weighted by atomic mass is 32.2. The number of nitrogens with one attached hydrogen (secondary N) is 1. The number of halogens is 1. The highest BCUT2D eigenvalue weighted by Crippen LogP contribution is 2.33. The van der Waals surface area contributed by atoms with Crippen LogP contribution in [0.2, 0.25) is 0 Å². The Bertz CT molecular complexity index is 1070. The summed E-state index contributed by atoms with van der Waals surface area (Å²) in [5.41, 5.74) is 0.289. The summed E-state index contributed by atoms with van der Waals surface area (Å²) >= 11 is 0.678. The molecule has 2 fully saturated rings. The number of carbonyl (C=O) groups is 1. The molecule has 2 N–H and O–H groups in total. The molecule has 1 amide bonds. The minimum atomic E-state index is -3.35. The Morgan fingerprint density at radius 3 is 2.42 bits per heavy atom. The standard InChI is InChI=1S/C20H22FN3O5S2/c21-17-11-22-20(30-17)23-19(26)18(24-29-14-5-3-13(25)4-6-14)12-1-7-15(8-2-12)31(27,28)16-9-10-16/h1-2,7-8,11,13-14,16,25H,3-6,9-10H2,(H,22,23,26). The number of benzene rings is 1. The number of anilines is 1. The highest BCUT2D eigenvalue weighted by Gasteiger charge is 2.36. The van der Waals surface area contributed by atoms with Crippen LogP contribution in [0.1, 0.15) is 44.1 Å². The Morgan fingerprint density at radius 1 is 1.16 bits per heavy atom. The lowest BCUT2D eigenvalue weighted by atomic mass is 9.95. The molecule has 0 spiro atoms. The molecule has 4 rings (SSSR count). The maximum atomic E-state index is 13.2. The summed E-state index contributed by atoms with van der Waals surface area (Å²) in [4.78, 5) is 22.3. The van der Waals surface area contributed by atoms with Crippen molar-refractivity contribution >= 4 is 37.9 Å². The van der Waals surface area contributed by atoms with Crippen molar-refractivity contribution in [3.05, 3.63) is 41.2 Å². The van der Waals surface area contributed by atoms with Crippen LogP contribution in [0.25, 0.3) is 0 Å². The van der Waals surface area contributed by atoms with Crippen molar-refractivity contribution < 1.29 is 27.5 Å². The molecule has 8 nitrogen and oxygen atoms in total. The van der Waals surface area contributed by atoms with E-state index in [1.54, 1.807) is 0 Å². The predicted molar refractivity (Wildman–Crippen MR) is 113 cm³/mol. The summed E-state index contributed by atoms with van der Waals surface area (Å²) in [6.07, 6.45) is 4.12. The Labute approximate surface area is 183 Å². The first-order valence-corrected chi connectivity index (χ1v) is 12.4. The molecule has 2 saturated carbocycles. The third-order valence-corrected chi connectivity index (χ3v) is 8.25. The second kappa shape index (κ2) is 9.01. The summed E-state index contributed by atoms with van der Waals surface area (Å²) in [6.45, 7) is 0. The lowest BCUT2D eigenvalue weighted by molar-refractivity contribution is -0.110. The first-order valence-electron chi connectivity index (χ1n) is 10.0. The summed E-state index contributed by atoms with van der Waals surface area (Å²) in [5.74, 6) is -0.650. The molecule has 0 radical (unpaired) electrons. The van der Waals surface area contributed by atoms with Gasteiger partial charge in [0.05, 0.1) is 22.4 Å². The summed E-state index contributed by atoms with van der Waals surface area (Å²) in [6, 6.07) is 5.91. The summed E-state index contributed by atoms with van der Waals surface area (Å²) in [7, 11) is -3.35. The third kappa shape index (κ3) is 5.28. The molecule has 2 aliphatic carbocycles. The second-order valence-corrected chi connectivity index (χ2v) is 10.9. The van der Waals surface area contributed by atoms with E-state index in [0.717, 1.165) is 6.20 Å². The second-order valence-electron chi connectivity index (χ2n) is 7.67. The van der Waals surface area contributed by atoms with E-state index in [1.807, 2.05) is 0 Å². The van der Waals surface area contributed by atoms with E-state index in [2.05, 4.69) is 15.5 Å². The number of hydrogen-bond acceptors (Lipinski definition) is 8. The topological polar surface area (TPSA) is 118 Å². The summed E-state index contributed by atoms with van der Waals surface area (Å²) in [5, 5.41) is 15.4. The number of amides is 1. The fraction of sp³-hybridized carbons (Fsp3) is 0.450. The lowest BCUT2D eigenvalue weighted by Gasteiger charge is -2.23. The minimum Gasteiger partial charge on any atom is -0.393 e. The van der Waals surface area contributed by atoms with Crippen molar-refractivity contribution in [3.8, 4) is 0 Å². The zero-order valence-electron chi connectivity index (χ0n) is 16.5. The molecule has 166 valence electrons. The molecule has 1 aromatic carbocycles. The van der Waals surface area contributed by atoms with Crippen LogP contribution in [-0.4, -0.2) is 47.6 Å². The van der Waals surface area contributed by atoms with Gasteiger partial charge in [-0.25, -0.2) is 13.4 Å². The van der Waals surface area contributed by atoms with Crippen molar-refractivity contribution in [1.82, 2.24) is 4.98 Å². The van der Waals surface area contributed by atoms with Crippen LogP contribution in [0.5, 0.6) is 0 Å². The highest BCUT2D eigenvalue weighted by molar-refractivity contribution is 7.92. The molecule has 2 aromatic rings. The van der Waals surface area contributed by atoms with E-state index in [4.69, 9.17) is 4.84 Å². The molecule has 31 heavy (non-hydrogen) atoms. The van der Waals surface area contributed by atoms with Crippen molar-refractivity contribution in [2.24, 2.45) is 5.16 Å².